The van der Waals surface area contributed by atoms with Crippen LogP contribution in [-0.4, -0.2) is 81.0 Å². The van der Waals surface area contributed by atoms with Gasteiger partial charge in [0.05, 0.1) is 0 Å². The Morgan fingerprint density at radius 3 is 2.05 bits per heavy atom. The summed E-state index contributed by atoms with van der Waals surface area (Å²) in [6.45, 7) is 4.01. The summed E-state index contributed by atoms with van der Waals surface area (Å²) in [5, 5.41) is 10.8. The van der Waals surface area contributed by atoms with E-state index >= 15 is 0 Å². The van der Waals surface area contributed by atoms with Crippen LogP contribution in [0.5, 0.6) is 5.75 Å². The van der Waals surface area contributed by atoms with Gasteiger partial charge in [0.1, 0.15) is 36.5 Å². The molecule has 0 radical (unpaired) electrons. The van der Waals surface area contributed by atoms with Crippen LogP contribution < -0.4 is 31.5 Å². The van der Waals surface area contributed by atoms with Gasteiger partial charge >= 0.3 is 13.9 Å². The summed E-state index contributed by atoms with van der Waals surface area (Å²) in [6, 6.07) is 19.0. The summed E-state index contributed by atoms with van der Waals surface area (Å²) in [5.41, 5.74) is 7.37. The Bertz CT molecular complexity index is 1910. The molecule has 3 aromatic rings. The number of ether oxygens (including phenoxy) is 1. The Labute approximate surface area is 336 Å². The minimum Gasteiger partial charge on any atom is -0.445 e. The summed E-state index contributed by atoms with van der Waals surface area (Å²) in [6.07, 6.45) is -0.315. The van der Waals surface area contributed by atoms with Gasteiger partial charge < -0.3 is 41.2 Å². The summed E-state index contributed by atoms with van der Waals surface area (Å²) >= 11 is 0. The maximum absolute atomic E-state index is 14.2. The molecule has 1 aliphatic heterocycles. The average Bonchev–Trinajstić information content (AvgIpc) is 3.68. The molecule has 1 fully saturated rings. The fourth-order valence-corrected chi connectivity index (χ4v) is 6.77. The number of amides is 6. The number of carbonyl (C=O) groups is 6. The van der Waals surface area contributed by atoms with E-state index in [1.807, 2.05) is 50.2 Å². The van der Waals surface area contributed by atoms with Crippen LogP contribution in [0.4, 0.5) is 4.79 Å². The molecule has 0 spiro atoms. The molecular formula is C40H51N6O11P. The van der Waals surface area contributed by atoms with Crippen molar-refractivity contribution in [2.24, 2.45) is 11.7 Å². The Hall–Kier alpha value is -5.77. The third-order valence-corrected chi connectivity index (χ3v) is 9.64. The molecule has 1 saturated heterocycles. The first kappa shape index (κ1) is 44.9. The molecule has 0 aromatic heterocycles. The van der Waals surface area contributed by atoms with Crippen molar-refractivity contribution in [2.75, 3.05) is 6.54 Å². The summed E-state index contributed by atoms with van der Waals surface area (Å²) in [5.74, 6) is -3.25. The van der Waals surface area contributed by atoms with Gasteiger partial charge in [0.15, 0.2) is 0 Å². The molecule has 4 rings (SSSR count). The highest BCUT2D eigenvalue weighted by Crippen LogP contribution is 2.37. The third kappa shape index (κ3) is 15.0. The highest BCUT2D eigenvalue weighted by atomic mass is 31.2. The van der Waals surface area contributed by atoms with Crippen LogP contribution in [0, 0.1) is 5.92 Å². The molecule has 18 heteroatoms. The van der Waals surface area contributed by atoms with Gasteiger partial charge in [-0.25, -0.2) is 9.36 Å². The normalized spacial score (nSPS) is 15.4. The number of nitrogens with one attached hydrogen (secondary N) is 4. The van der Waals surface area contributed by atoms with Crippen molar-refractivity contribution in [3.8, 4) is 5.75 Å². The number of nitrogens with zero attached hydrogens (tertiary/aromatic N) is 1. The van der Waals surface area contributed by atoms with Crippen molar-refractivity contribution < 1.29 is 52.4 Å². The molecule has 6 amide bonds. The average molecular weight is 823 g/mol. The Morgan fingerprint density at radius 2 is 1.45 bits per heavy atom. The van der Waals surface area contributed by atoms with Crippen LogP contribution in [0.1, 0.15) is 62.6 Å². The molecule has 8 N–H and O–H groups in total. The fourth-order valence-electron chi connectivity index (χ4n) is 6.38. The van der Waals surface area contributed by atoms with E-state index in [-0.39, 0.29) is 63.5 Å². The van der Waals surface area contributed by atoms with Crippen molar-refractivity contribution in [3.63, 3.8) is 0 Å². The molecule has 1 aliphatic rings. The van der Waals surface area contributed by atoms with Crippen molar-refractivity contribution in [1.82, 2.24) is 26.2 Å². The minimum absolute atomic E-state index is 0.0595. The molecule has 0 bridgehead atoms. The van der Waals surface area contributed by atoms with E-state index in [0.717, 1.165) is 5.56 Å². The maximum atomic E-state index is 14.2. The predicted octanol–water partition coefficient (Wildman–Crippen LogP) is 2.58. The van der Waals surface area contributed by atoms with Gasteiger partial charge in [0.25, 0.3) is 0 Å². The van der Waals surface area contributed by atoms with Crippen LogP contribution in [0.15, 0.2) is 84.9 Å². The summed E-state index contributed by atoms with van der Waals surface area (Å²) in [4.78, 5) is 99.5. The van der Waals surface area contributed by atoms with Crippen LogP contribution in [0.25, 0.3) is 0 Å². The van der Waals surface area contributed by atoms with Crippen LogP contribution in [0.2, 0.25) is 0 Å². The SMILES string of the molecule is CC(C)C[C@H](NC(=O)[C@H](Cc1ccc(OP(=O)(O)O)cc1)NC(=O)OCc1ccccc1)C(=O)N1CCC[C@H]1C(=O)N[C@@H](CCC(N)=O)C(=O)NCc1ccccc1. The van der Waals surface area contributed by atoms with Gasteiger partial charge in [-0.15, -0.1) is 0 Å². The number of phosphoric acid groups is 1. The van der Waals surface area contributed by atoms with E-state index in [4.69, 9.17) is 20.3 Å². The summed E-state index contributed by atoms with van der Waals surface area (Å²) < 4.78 is 21.3. The lowest BCUT2D eigenvalue weighted by Gasteiger charge is -2.31. The molecule has 0 aliphatic carbocycles. The van der Waals surface area contributed by atoms with Gasteiger partial charge in [-0.2, -0.15) is 0 Å². The first-order valence-corrected chi connectivity index (χ1v) is 20.4. The monoisotopic (exact) mass is 822 g/mol. The minimum atomic E-state index is -4.82. The number of rotatable bonds is 20. The third-order valence-electron chi connectivity index (χ3n) is 9.19. The van der Waals surface area contributed by atoms with Crippen molar-refractivity contribution in [2.45, 2.75) is 89.7 Å². The Balaban J connectivity index is 1.49. The lowest BCUT2D eigenvalue weighted by atomic mass is 10.00. The molecule has 0 saturated carbocycles. The zero-order valence-electron chi connectivity index (χ0n) is 32.4. The number of carbonyl (C=O) groups excluding carboxylic acids is 6. The first-order valence-electron chi connectivity index (χ1n) is 18.9. The highest BCUT2D eigenvalue weighted by Gasteiger charge is 2.40. The molecular weight excluding hydrogens is 771 g/mol. The topological polar surface area (TPSA) is 256 Å². The first-order chi connectivity index (χ1) is 27.6. The van der Waals surface area contributed by atoms with Gasteiger partial charge in [0.2, 0.25) is 29.5 Å². The number of likely N-dealkylation sites (tertiary alicyclic amines) is 1. The molecule has 1 heterocycles. The number of nitrogens with two attached hydrogens (primary N) is 1. The number of benzene rings is 3. The number of hydrogen-bond acceptors (Lipinski definition) is 9. The van der Waals surface area contributed by atoms with Crippen LogP contribution in [0.3, 0.4) is 0 Å². The van der Waals surface area contributed by atoms with Crippen molar-refractivity contribution in [1.29, 1.82) is 0 Å². The number of phosphoric ester groups is 1. The van der Waals surface area contributed by atoms with Gasteiger partial charge in [0, 0.05) is 25.9 Å². The number of primary amides is 1. The second-order valence-electron chi connectivity index (χ2n) is 14.3. The van der Waals surface area contributed by atoms with E-state index < -0.39 is 67.6 Å². The van der Waals surface area contributed by atoms with Gasteiger partial charge in [-0.1, -0.05) is 86.6 Å². The van der Waals surface area contributed by atoms with E-state index in [1.165, 1.54) is 29.2 Å². The quantitative estimate of drug-likeness (QED) is 0.0816. The van der Waals surface area contributed by atoms with Gasteiger partial charge in [-0.3, -0.25) is 33.8 Å². The molecule has 58 heavy (non-hydrogen) atoms. The zero-order chi connectivity index (χ0) is 42.2. The fraction of sp³-hybridized carbons (Fsp3) is 0.400. The van der Waals surface area contributed by atoms with E-state index in [9.17, 15) is 33.3 Å². The predicted molar refractivity (Wildman–Crippen MR) is 211 cm³/mol. The van der Waals surface area contributed by atoms with Crippen LogP contribution >= 0.6 is 7.82 Å². The molecule has 3 aromatic carbocycles. The standard InChI is InChI=1S/C40H51N6O11P/c1-26(2)22-33(39(51)46-21-9-14-34(46)38(50)43-31(19-20-35(41)47)36(48)42-24-28-10-5-3-6-11-28)44-37(49)32(45-40(52)56-25-29-12-7-4-8-13-29)23-27-15-17-30(18-16-27)57-58(53,54)55/h3-8,10-13,15-18,26,31-34H,9,14,19-25H2,1-2H3,(H2,41,47)(H,42,48)(H,43,50)(H,44,49)(H,45,52)(H2,53,54,55)/t31-,32-,33-,34-/m0/s1. The van der Waals surface area contributed by atoms with Crippen molar-refractivity contribution >= 4 is 43.5 Å². The van der Waals surface area contributed by atoms with E-state index in [2.05, 4.69) is 25.8 Å². The zero-order valence-corrected chi connectivity index (χ0v) is 33.3. The smallest absolute Gasteiger partial charge is 0.445 e. The number of alkyl carbamates (subject to hydrolysis) is 1. The lowest BCUT2D eigenvalue weighted by molar-refractivity contribution is -0.142. The largest absolute Gasteiger partial charge is 0.524 e. The van der Waals surface area contributed by atoms with Gasteiger partial charge in [-0.05, 0) is 60.4 Å². The maximum Gasteiger partial charge on any atom is 0.524 e. The van der Waals surface area contributed by atoms with Crippen LogP contribution in [-0.2, 0) is 52.8 Å². The Kier molecular flexibility index (Phi) is 16.8. The number of hydrogen-bond donors (Lipinski definition) is 7. The summed E-state index contributed by atoms with van der Waals surface area (Å²) in [7, 11) is -4.82. The lowest BCUT2D eigenvalue weighted by Crippen LogP contribution is -2.58. The molecule has 17 nitrogen and oxygen atoms in total. The Morgan fingerprint density at radius 1 is 0.810 bits per heavy atom. The second-order valence-corrected chi connectivity index (χ2v) is 15.5. The van der Waals surface area contributed by atoms with E-state index in [1.54, 1.807) is 24.3 Å². The van der Waals surface area contributed by atoms with E-state index in [0.29, 0.717) is 17.5 Å². The second kappa shape index (κ2) is 21.7. The molecule has 4 atom stereocenters. The van der Waals surface area contributed by atoms with Crippen molar-refractivity contribution in [3.05, 3.63) is 102 Å². The molecule has 0 unspecified atom stereocenters. The highest BCUT2D eigenvalue weighted by molar-refractivity contribution is 7.46. The molecule has 312 valence electrons.